The minimum absolute atomic E-state index is 0.0744. The Balaban J connectivity index is 1.57. The molecule has 2 aromatic carbocycles. The molecule has 0 bridgehead atoms. The molecule has 0 radical (unpaired) electrons. The standard InChI is InChI=1S/C24H22ClF2N3O4/c1-13-5-6-14(22(32)29-18-3-2-4-20(18)31)9-19(13)30-12-28-23(21(25)24(30)33)34-11-15-7-8-16(26)10-17(15)27/h5-10,12,18,20,31H,2-4,11H2,1H3,(H,29,32)/t18-,20-/m0/s1. The third-order valence-electron chi connectivity index (χ3n) is 5.79. The second kappa shape index (κ2) is 9.90. The van der Waals surface area contributed by atoms with Gasteiger partial charge in [-0.15, -0.1) is 0 Å². The van der Waals surface area contributed by atoms with Gasteiger partial charge in [-0.2, -0.15) is 0 Å². The molecular weight excluding hydrogens is 468 g/mol. The molecule has 3 aromatic rings. The summed E-state index contributed by atoms with van der Waals surface area (Å²) in [4.78, 5) is 29.7. The molecule has 1 aromatic heterocycles. The largest absolute Gasteiger partial charge is 0.471 e. The van der Waals surface area contributed by atoms with E-state index in [0.717, 1.165) is 18.6 Å². The van der Waals surface area contributed by atoms with Gasteiger partial charge in [0.25, 0.3) is 11.5 Å². The number of aliphatic hydroxyl groups excluding tert-OH is 1. The van der Waals surface area contributed by atoms with Gasteiger partial charge in [0.05, 0.1) is 17.8 Å². The van der Waals surface area contributed by atoms with Crippen LogP contribution in [0.5, 0.6) is 5.88 Å². The van der Waals surface area contributed by atoms with E-state index in [0.29, 0.717) is 29.7 Å². The average molecular weight is 490 g/mol. The lowest BCUT2D eigenvalue weighted by molar-refractivity contribution is 0.0873. The molecule has 1 fully saturated rings. The molecule has 0 spiro atoms. The number of carbonyl (C=O) groups is 1. The van der Waals surface area contributed by atoms with Crippen molar-refractivity contribution in [3.05, 3.63) is 86.4 Å². The van der Waals surface area contributed by atoms with E-state index in [1.807, 2.05) is 0 Å². The first-order valence-electron chi connectivity index (χ1n) is 10.7. The number of benzene rings is 2. The Hall–Kier alpha value is -3.30. The summed E-state index contributed by atoms with van der Waals surface area (Å²) in [6.45, 7) is 1.46. The predicted octanol–water partition coefficient (Wildman–Crippen LogP) is 3.69. The molecule has 10 heteroatoms. The molecule has 4 rings (SSSR count). The summed E-state index contributed by atoms with van der Waals surface area (Å²) < 4.78 is 33.5. The fraction of sp³-hybridized carbons (Fsp3) is 0.292. The maximum absolute atomic E-state index is 13.8. The molecule has 2 N–H and O–H groups in total. The topological polar surface area (TPSA) is 93.5 Å². The van der Waals surface area contributed by atoms with Crippen molar-refractivity contribution in [1.29, 1.82) is 0 Å². The monoisotopic (exact) mass is 489 g/mol. The van der Waals surface area contributed by atoms with Gasteiger partial charge in [-0.25, -0.2) is 13.8 Å². The molecule has 1 heterocycles. The SMILES string of the molecule is Cc1ccc(C(=O)N[C@H]2CCC[C@@H]2O)cc1-n1cnc(OCc2ccc(F)cc2F)c(Cl)c1=O. The quantitative estimate of drug-likeness (QED) is 0.551. The number of aromatic nitrogens is 2. The summed E-state index contributed by atoms with van der Waals surface area (Å²) in [5.74, 6) is -2.07. The Kier molecular flexibility index (Phi) is 6.95. The Bertz CT molecular complexity index is 1300. The maximum Gasteiger partial charge on any atom is 0.280 e. The molecule has 1 amide bonds. The van der Waals surface area contributed by atoms with Crippen molar-refractivity contribution in [2.45, 2.75) is 44.9 Å². The van der Waals surface area contributed by atoms with Crippen LogP contribution in [-0.4, -0.2) is 32.7 Å². The van der Waals surface area contributed by atoms with Gasteiger partial charge in [0.15, 0.2) is 5.02 Å². The van der Waals surface area contributed by atoms with Gasteiger partial charge in [0, 0.05) is 17.2 Å². The van der Waals surface area contributed by atoms with Crippen molar-refractivity contribution in [2.75, 3.05) is 0 Å². The van der Waals surface area contributed by atoms with Crippen LogP contribution < -0.4 is 15.6 Å². The molecule has 0 saturated heterocycles. The van der Waals surface area contributed by atoms with Gasteiger partial charge in [0.2, 0.25) is 5.88 Å². The number of aliphatic hydroxyl groups is 1. The zero-order valence-electron chi connectivity index (χ0n) is 18.2. The zero-order valence-corrected chi connectivity index (χ0v) is 19.0. The van der Waals surface area contributed by atoms with Crippen LogP contribution in [-0.2, 0) is 6.61 Å². The number of hydrogen-bond donors (Lipinski definition) is 2. The van der Waals surface area contributed by atoms with Gasteiger partial charge in [-0.3, -0.25) is 14.2 Å². The third-order valence-corrected chi connectivity index (χ3v) is 6.11. The van der Waals surface area contributed by atoms with Gasteiger partial charge in [-0.1, -0.05) is 17.7 Å². The summed E-state index contributed by atoms with van der Waals surface area (Å²) in [5, 5.41) is 12.5. The number of halogens is 3. The summed E-state index contributed by atoms with van der Waals surface area (Å²) in [5.41, 5.74) is 0.841. The van der Waals surface area contributed by atoms with E-state index in [-0.39, 0.29) is 35.0 Å². The van der Waals surface area contributed by atoms with E-state index in [9.17, 15) is 23.5 Å². The first-order valence-corrected chi connectivity index (χ1v) is 11.1. The van der Waals surface area contributed by atoms with E-state index in [1.165, 1.54) is 17.0 Å². The summed E-state index contributed by atoms with van der Waals surface area (Å²) in [6, 6.07) is 7.60. The number of nitrogens with zero attached hydrogens (tertiary/aromatic N) is 2. The lowest BCUT2D eigenvalue weighted by atomic mass is 10.1. The first kappa shape index (κ1) is 23.8. The number of amides is 1. The highest BCUT2D eigenvalue weighted by atomic mass is 35.5. The minimum Gasteiger partial charge on any atom is -0.471 e. The van der Waals surface area contributed by atoms with Crippen LogP contribution in [0.25, 0.3) is 5.69 Å². The fourth-order valence-corrected chi connectivity index (χ4v) is 4.04. The number of carbonyl (C=O) groups excluding carboxylic acids is 1. The van der Waals surface area contributed by atoms with E-state index >= 15 is 0 Å². The Morgan fingerprint density at radius 1 is 1.26 bits per heavy atom. The lowest BCUT2D eigenvalue weighted by Gasteiger charge is -2.17. The van der Waals surface area contributed by atoms with Crippen LogP contribution in [0.3, 0.4) is 0 Å². The molecule has 1 aliphatic carbocycles. The zero-order chi connectivity index (χ0) is 24.4. The number of ether oxygens (including phenoxy) is 1. The van der Waals surface area contributed by atoms with Crippen molar-refractivity contribution in [3.8, 4) is 11.6 Å². The van der Waals surface area contributed by atoms with E-state index in [1.54, 1.807) is 25.1 Å². The van der Waals surface area contributed by atoms with Crippen molar-refractivity contribution in [1.82, 2.24) is 14.9 Å². The first-order chi connectivity index (χ1) is 16.2. The van der Waals surface area contributed by atoms with Crippen LogP contribution in [0.2, 0.25) is 5.02 Å². The maximum atomic E-state index is 13.8. The van der Waals surface area contributed by atoms with Gasteiger partial charge in [-0.05, 0) is 56.0 Å². The van der Waals surface area contributed by atoms with Crippen LogP contribution in [0, 0.1) is 18.6 Å². The third kappa shape index (κ3) is 4.95. The molecule has 7 nitrogen and oxygen atoms in total. The fourth-order valence-electron chi connectivity index (χ4n) is 3.84. The molecule has 2 atom stereocenters. The van der Waals surface area contributed by atoms with Gasteiger partial charge < -0.3 is 15.2 Å². The number of nitrogens with one attached hydrogen (secondary N) is 1. The molecule has 34 heavy (non-hydrogen) atoms. The predicted molar refractivity (Wildman–Crippen MR) is 121 cm³/mol. The Labute approximate surface area is 199 Å². The second-order valence-corrected chi connectivity index (χ2v) is 8.52. The Morgan fingerprint density at radius 3 is 2.76 bits per heavy atom. The van der Waals surface area contributed by atoms with Crippen molar-refractivity contribution < 1.29 is 23.4 Å². The lowest BCUT2D eigenvalue weighted by Crippen LogP contribution is -2.39. The van der Waals surface area contributed by atoms with Crippen LogP contribution in [0.4, 0.5) is 8.78 Å². The Morgan fingerprint density at radius 2 is 2.06 bits per heavy atom. The summed E-state index contributed by atoms with van der Waals surface area (Å²) in [6.07, 6.45) is 2.82. The van der Waals surface area contributed by atoms with Crippen molar-refractivity contribution in [2.24, 2.45) is 0 Å². The van der Waals surface area contributed by atoms with Crippen LogP contribution >= 0.6 is 11.6 Å². The second-order valence-electron chi connectivity index (χ2n) is 8.14. The van der Waals surface area contributed by atoms with E-state index < -0.39 is 23.3 Å². The summed E-state index contributed by atoms with van der Waals surface area (Å²) in [7, 11) is 0. The molecule has 178 valence electrons. The van der Waals surface area contributed by atoms with E-state index in [2.05, 4.69) is 10.3 Å². The molecule has 0 unspecified atom stereocenters. The normalized spacial score (nSPS) is 17.6. The van der Waals surface area contributed by atoms with Crippen molar-refractivity contribution >= 4 is 17.5 Å². The van der Waals surface area contributed by atoms with Crippen molar-refractivity contribution in [3.63, 3.8) is 0 Å². The highest BCUT2D eigenvalue weighted by Gasteiger charge is 2.27. The minimum atomic E-state index is -0.791. The molecular formula is C24H22ClF2N3O4. The van der Waals surface area contributed by atoms with E-state index in [4.69, 9.17) is 16.3 Å². The average Bonchev–Trinajstić information content (AvgIpc) is 3.20. The van der Waals surface area contributed by atoms with Crippen LogP contribution in [0.15, 0.2) is 47.5 Å². The van der Waals surface area contributed by atoms with Crippen LogP contribution in [0.1, 0.15) is 40.7 Å². The number of hydrogen-bond acceptors (Lipinski definition) is 5. The number of rotatable bonds is 6. The van der Waals surface area contributed by atoms with Gasteiger partial charge >= 0.3 is 0 Å². The summed E-state index contributed by atoms with van der Waals surface area (Å²) >= 11 is 6.18. The smallest absolute Gasteiger partial charge is 0.280 e. The highest BCUT2D eigenvalue weighted by Crippen LogP contribution is 2.23. The molecule has 0 aliphatic heterocycles. The molecule has 1 aliphatic rings. The molecule has 1 saturated carbocycles. The number of aryl methyl sites for hydroxylation is 1. The highest BCUT2D eigenvalue weighted by molar-refractivity contribution is 6.31. The van der Waals surface area contributed by atoms with Gasteiger partial charge in [0.1, 0.15) is 24.6 Å².